The molecule has 25 heavy (non-hydrogen) atoms. The highest BCUT2D eigenvalue weighted by molar-refractivity contribution is 5.80. The second-order valence-electron chi connectivity index (χ2n) is 5.77. The van der Waals surface area contributed by atoms with E-state index >= 15 is 0 Å². The standard InChI is InChI=1S/C20H25NO4/c1-14-6-5-7-19(15(14)2)25-16(3)20(22)21-12-13-24-18-10-8-17(23-4)9-11-18/h5-11,16H,12-13H2,1-4H3,(H,21,22)/t16-/m0/s1. The van der Waals surface area contributed by atoms with Gasteiger partial charge in [-0.2, -0.15) is 0 Å². The van der Waals surface area contributed by atoms with E-state index in [-0.39, 0.29) is 5.91 Å². The Morgan fingerprint density at radius 2 is 1.76 bits per heavy atom. The lowest BCUT2D eigenvalue weighted by atomic mass is 10.1. The Hall–Kier alpha value is -2.69. The number of ether oxygens (including phenoxy) is 3. The largest absolute Gasteiger partial charge is 0.497 e. The van der Waals surface area contributed by atoms with Crippen LogP contribution in [0.25, 0.3) is 0 Å². The minimum atomic E-state index is -0.568. The average molecular weight is 343 g/mol. The van der Waals surface area contributed by atoms with E-state index in [4.69, 9.17) is 14.2 Å². The SMILES string of the molecule is COc1ccc(OCCNC(=O)[C@H](C)Oc2cccc(C)c2C)cc1. The first-order valence-electron chi connectivity index (χ1n) is 8.28. The average Bonchev–Trinajstić information content (AvgIpc) is 2.62. The fourth-order valence-corrected chi connectivity index (χ4v) is 2.25. The molecule has 0 bridgehead atoms. The van der Waals surface area contributed by atoms with Crippen LogP contribution in [-0.4, -0.2) is 32.3 Å². The number of nitrogens with one attached hydrogen (secondary N) is 1. The van der Waals surface area contributed by atoms with Crippen molar-refractivity contribution in [3.63, 3.8) is 0 Å². The van der Waals surface area contributed by atoms with Crippen molar-refractivity contribution in [3.8, 4) is 17.2 Å². The normalized spacial score (nSPS) is 11.5. The molecule has 1 amide bonds. The second kappa shape index (κ2) is 8.97. The zero-order chi connectivity index (χ0) is 18.2. The van der Waals surface area contributed by atoms with Crippen molar-refractivity contribution in [1.29, 1.82) is 0 Å². The van der Waals surface area contributed by atoms with Crippen molar-refractivity contribution >= 4 is 5.91 Å². The number of benzene rings is 2. The van der Waals surface area contributed by atoms with E-state index in [1.54, 1.807) is 14.0 Å². The van der Waals surface area contributed by atoms with Crippen molar-refractivity contribution in [2.45, 2.75) is 26.9 Å². The molecule has 2 rings (SSSR count). The molecule has 2 aromatic rings. The summed E-state index contributed by atoms with van der Waals surface area (Å²) in [4.78, 5) is 12.1. The van der Waals surface area contributed by atoms with Crippen molar-refractivity contribution in [2.75, 3.05) is 20.3 Å². The number of carbonyl (C=O) groups is 1. The Morgan fingerprint density at radius 1 is 1.08 bits per heavy atom. The van der Waals surface area contributed by atoms with Gasteiger partial charge in [0.2, 0.25) is 0 Å². The van der Waals surface area contributed by atoms with Crippen molar-refractivity contribution in [1.82, 2.24) is 5.32 Å². The number of hydrogen-bond acceptors (Lipinski definition) is 4. The molecule has 0 aliphatic heterocycles. The Balaban J connectivity index is 1.74. The summed E-state index contributed by atoms with van der Waals surface area (Å²) >= 11 is 0. The molecular formula is C20H25NO4. The van der Waals surface area contributed by atoms with Crippen LogP contribution in [0.2, 0.25) is 0 Å². The molecular weight excluding hydrogens is 318 g/mol. The maximum absolute atomic E-state index is 12.1. The lowest BCUT2D eigenvalue weighted by Gasteiger charge is -2.17. The summed E-state index contributed by atoms with van der Waals surface area (Å²) in [6, 6.07) is 13.1. The topological polar surface area (TPSA) is 56.8 Å². The molecule has 0 aliphatic carbocycles. The van der Waals surface area contributed by atoms with E-state index in [1.807, 2.05) is 56.3 Å². The van der Waals surface area contributed by atoms with Crippen LogP contribution in [0.5, 0.6) is 17.2 Å². The maximum atomic E-state index is 12.1. The van der Waals surface area contributed by atoms with Gasteiger partial charge in [-0.1, -0.05) is 12.1 Å². The van der Waals surface area contributed by atoms with Gasteiger partial charge in [0.25, 0.3) is 5.91 Å². The number of hydrogen-bond donors (Lipinski definition) is 1. The zero-order valence-corrected chi connectivity index (χ0v) is 15.2. The molecule has 134 valence electrons. The van der Waals surface area contributed by atoms with Gasteiger partial charge in [0.1, 0.15) is 23.9 Å². The summed E-state index contributed by atoms with van der Waals surface area (Å²) < 4.78 is 16.4. The van der Waals surface area contributed by atoms with Gasteiger partial charge in [-0.3, -0.25) is 4.79 Å². The van der Waals surface area contributed by atoms with E-state index in [9.17, 15) is 4.79 Å². The first kappa shape index (κ1) is 18.6. The third-order valence-corrected chi connectivity index (χ3v) is 3.96. The summed E-state index contributed by atoms with van der Waals surface area (Å²) in [5.74, 6) is 2.07. The predicted octanol–water partition coefficient (Wildman–Crippen LogP) is 3.27. The van der Waals surface area contributed by atoms with E-state index in [1.165, 1.54) is 0 Å². The van der Waals surface area contributed by atoms with Crippen LogP contribution in [0, 0.1) is 13.8 Å². The van der Waals surface area contributed by atoms with Crippen LogP contribution in [0.3, 0.4) is 0 Å². The Morgan fingerprint density at radius 3 is 2.44 bits per heavy atom. The van der Waals surface area contributed by atoms with Gasteiger partial charge in [-0.05, 0) is 62.2 Å². The lowest BCUT2D eigenvalue weighted by Crippen LogP contribution is -2.38. The Labute approximate surface area is 148 Å². The number of amides is 1. The zero-order valence-electron chi connectivity index (χ0n) is 15.2. The minimum absolute atomic E-state index is 0.167. The summed E-state index contributed by atoms with van der Waals surface area (Å²) in [6.45, 7) is 6.53. The Kier molecular flexibility index (Phi) is 6.69. The van der Waals surface area contributed by atoms with Gasteiger partial charge in [0.15, 0.2) is 6.10 Å². The van der Waals surface area contributed by atoms with Crippen molar-refractivity contribution < 1.29 is 19.0 Å². The van der Waals surface area contributed by atoms with Gasteiger partial charge >= 0.3 is 0 Å². The van der Waals surface area contributed by atoms with Crippen molar-refractivity contribution in [3.05, 3.63) is 53.6 Å². The van der Waals surface area contributed by atoms with Gasteiger partial charge < -0.3 is 19.5 Å². The number of methoxy groups -OCH3 is 1. The van der Waals surface area contributed by atoms with Crippen LogP contribution in [0.15, 0.2) is 42.5 Å². The highest BCUT2D eigenvalue weighted by Gasteiger charge is 2.15. The summed E-state index contributed by atoms with van der Waals surface area (Å²) in [7, 11) is 1.62. The molecule has 0 aromatic heterocycles. The maximum Gasteiger partial charge on any atom is 0.260 e. The van der Waals surface area contributed by atoms with Gasteiger partial charge in [-0.15, -0.1) is 0 Å². The van der Waals surface area contributed by atoms with Crippen molar-refractivity contribution in [2.24, 2.45) is 0 Å². The highest BCUT2D eigenvalue weighted by Crippen LogP contribution is 2.21. The molecule has 0 spiro atoms. The minimum Gasteiger partial charge on any atom is -0.497 e. The number of aryl methyl sites for hydroxylation is 1. The first-order chi connectivity index (χ1) is 12.0. The molecule has 5 nitrogen and oxygen atoms in total. The molecule has 5 heteroatoms. The predicted molar refractivity (Wildman–Crippen MR) is 97.5 cm³/mol. The smallest absolute Gasteiger partial charge is 0.260 e. The van der Waals surface area contributed by atoms with E-state index in [0.717, 1.165) is 28.4 Å². The summed E-state index contributed by atoms with van der Waals surface area (Å²) in [6.07, 6.45) is -0.568. The van der Waals surface area contributed by atoms with Gasteiger partial charge in [-0.25, -0.2) is 0 Å². The summed E-state index contributed by atoms with van der Waals surface area (Å²) in [5, 5.41) is 2.82. The highest BCUT2D eigenvalue weighted by atomic mass is 16.5. The van der Waals surface area contributed by atoms with E-state index in [2.05, 4.69) is 5.32 Å². The molecule has 0 saturated heterocycles. The van der Waals surface area contributed by atoms with Gasteiger partial charge in [0.05, 0.1) is 13.7 Å². The van der Waals surface area contributed by atoms with Crippen LogP contribution in [0.1, 0.15) is 18.1 Å². The van der Waals surface area contributed by atoms with Crippen LogP contribution in [-0.2, 0) is 4.79 Å². The van der Waals surface area contributed by atoms with Crippen LogP contribution >= 0.6 is 0 Å². The molecule has 0 aliphatic rings. The van der Waals surface area contributed by atoms with Crippen LogP contribution in [0.4, 0.5) is 0 Å². The summed E-state index contributed by atoms with van der Waals surface area (Å²) in [5.41, 5.74) is 2.18. The second-order valence-corrected chi connectivity index (χ2v) is 5.77. The molecule has 0 saturated carbocycles. The molecule has 0 unspecified atom stereocenters. The fourth-order valence-electron chi connectivity index (χ4n) is 2.25. The molecule has 1 atom stereocenters. The third-order valence-electron chi connectivity index (χ3n) is 3.96. The van der Waals surface area contributed by atoms with Gasteiger partial charge in [0, 0.05) is 0 Å². The quantitative estimate of drug-likeness (QED) is 0.748. The molecule has 1 N–H and O–H groups in total. The lowest BCUT2D eigenvalue weighted by molar-refractivity contribution is -0.127. The van der Waals surface area contributed by atoms with Crippen LogP contribution < -0.4 is 19.5 Å². The molecule has 2 aromatic carbocycles. The Bertz CT molecular complexity index is 697. The molecule has 0 heterocycles. The van der Waals surface area contributed by atoms with E-state index in [0.29, 0.717) is 13.2 Å². The first-order valence-corrected chi connectivity index (χ1v) is 8.28. The molecule has 0 fully saturated rings. The fraction of sp³-hybridized carbons (Fsp3) is 0.350. The number of rotatable bonds is 8. The number of carbonyl (C=O) groups excluding carboxylic acids is 1. The monoisotopic (exact) mass is 343 g/mol. The van der Waals surface area contributed by atoms with E-state index < -0.39 is 6.10 Å². The third kappa shape index (κ3) is 5.41. The molecule has 0 radical (unpaired) electrons.